The van der Waals surface area contributed by atoms with Crippen LogP contribution in [0.2, 0.25) is 0 Å². The number of fused-ring (bicyclic) bond motifs is 12. The van der Waals surface area contributed by atoms with E-state index >= 15 is 0 Å². The summed E-state index contributed by atoms with van der Waals surface area (Å²) in [7, 11) is 0. The van der Waals surface area contributed by atoms with Crippen LogP contribution < -0.4 is 26.2 Å². The summed E-state index contributed by atoms with van der Waals surface area (Å²) in [6.07, 6.45) is 0. The number of hydrogen-bond donors (Lipinski definition) is 0. The minimum absolute atomic E-state index is 0.0656. The van der Waals surface area contributed by atoms with Crippen molar-refractivity contribution in [2.24, 2.45) is 0 Å². The van der Waals surface area contributed by atoms with Crippen LogP contribution in [0.25, 0.3) is 38.1 Å². The first kappa shape index (κ1) is 25.0. The predicted molar refractivity (Wildman–Crippen MR) is 196 cm³/mol. The first-order valence-corrected chi connectivity index (χ1v) is 16.5. The zero-order valence-electron chi connectivity index (χ0n) is 26.5. The lowest BCUT2D eigenvalue weighted by molar-refractivity contribution is 0.331. The van der Waals surface area contributed by atoms with Gasteiger partial charge in [0.15, 0.2) is 0 Å². The number of rotatable bonds is 1. The smallest absolute Gasteiger partial charge is 0.252 e. The molecular formula is C42H32BN3. The molecule has 0 unspecified atom stereocenters. The van der Waals surface area contributed by atoms with E-state index in [1.165, 1.54) is 88.5 Å². The van der Waals surface area contributed by atoms with Gasteiger partial charge in [-0.15, -0.1) is 0 Å². The van der Waals surface area contributed by atoms with Gasteiger partial charge in [0.25, 0.3) is 6.71 Å². The highest BCUT2D eigenvalue weighted by atomic mass is 15.3. The summed E-state index contributed by atoms with van der Waals surface area (Å²) in [5.41, 5.74) is 15.9. The van der Waals surface area contributed by atoms with Crippen LogP contribution in [0.5, 0.6) is 0 Å². The Balaban J connectivity index is 1.48. The van der Waals surface area contributed by atoms with Gasteiger partial charge in [-0.25, -0.2) is 0 Å². The van der Waals surface area contributed by atoms with Crippen LogP contribution in [0.3, 0.4) is 0 Å². The van der Waals surface area contributed by atoms with E-state index in [-0.39, 0.29) is 17.7 Å². The summed E-state index contributed by atoms with van der Waals surface area (Å²) in [4.78, 5) is 5.34. The normalized spacial score (nSPS) is 16.9. The molecule has 3 aliphatic heterocycles. The fraction of sp³-hybridized carbons (Fsp3) is 0.143. The lowest BCUT2D eigenvalue weighted by Crippen LogP contribution is -2.63. The Kier molecular flexibility index (Phi) is 4.32. The van der Waals surface area contributed by atoms with Crippen LogP contribution in [0.4, 0.5) is 28.4 Å². The van der Waals surface area contributed by atoms with Crippen LogP contribution in [-0.2, 0) is 5.41 Å². The molecule has 0 bridgehead atoms. The van der Waals surface area contributed by atoms with Crippen molar-refractivity contribution in [1.82, 2.24) is 4.40 Å². The van der Waals surface area contributed by atoms with E-state index in [1.54, 1.807) is 0 Å². The van der Waals surface area contributed by atoms with Crippen molar-refractivity contribution in [3.05, 3.63) is 127 Å². The van der Waals surface area contributed by atoms with Crippen molar-refractivity contribution in [1.29, 1.82) is 0 Å². The average molecular weight is 590 g/mol. The number of benzene rings is 6. The molecule has 11 rings (SSSR count). The van der Waals surface area contributed by atoms with Crippen LogP contribution in [0.1, 0.15) is 33.3 Å². The van der Waals surface area contributed by atoms with Gasteiger partial charge in [0.2, 0.25) is 0 Å². The van der Waals surface area contributed by atoms with Gasteiger partial charge in [-0.2, -0.15) is 0 Å². The molecule has 5 heterocycles. The molecule has 6 aromatic carbocycles. The molecule has 0 N–H and O–H groups in total. The first-order valence-electron chi connectivity index (χ1n) is 16.5. The number of aromatic nitrogens is 1. The molecule has 0 radical (unpaired) electrons. The lowest BCUT2D eigenvalue weighted by atomic mass is 9.33. The highest BCUT2D eigenvalue weighted by molar-refractivity contribution is 7.01. The Labute approximate surface area is 268 Å². The maximum absolute atomic E-state index is 2.77. The molecule has 0 amide bonds. The minimum atomic E-state index is -0.169. The van der Waals surface area contributed by atoms with Crippen molar-refractivity contribution < 1.29 is 0 Å². The van der Waals surface area contributed by atoms with Crippen LogP contribution in [-0.4, -0.2) is 16.7 Å². The molecule has 218 valence electrons. The maximum Gasteiger partial charge on any atom is 0.252 e. The van der Waals surface area contributed by atoms with Gasteiger partial charge in [-0.05, 0) is 66.1 Å². The Hall–Kier alpha value is -5.22. The fourth-order valence-electron chi connectivity index (χ4n) is 9.54. The standard InChI is InChI=1S/C42H32BN3/c1-41(2)28-19-14-21-30-37(28)46(42(41,3)4)40-35-27-18-9-12-23-32(27)45-31-22-11-8-17-26(31)34(38(35)45)39-36(40)43(30)29-20-10-13-24-33(29)44(39)25-15-6-5-7-16-25/h5-24H,1-4H3. The highest BCUT2D eigenvalue weighted by Gasteiger charge is 2.57. The van der Waals surface area contributed by atoms with E-state index in [0.29, 0.717) is 0 Å². The maximum atomic E-state index is 2.77. The topological polar surface area (TPSA) is 10.9 Å². The summed E-state index contributed by atoms with van der Waals surface area (Å²) in [5.74, 6) is 0. The Morgan fingerprint density at radius 2 is 1.15 bits per heavy atom. The average Bonchev–Trinajstić information content (AvgIpc) is 3.65. The molecule has 0 saturated heterocycles. The molecule has 4 heteroatoms. The number of nitrogens with zero attached hydrogens (tertiary/aromatic N) is 3. The molecular weight excluding hydrogens is 557 g/mol. The molecule has 0 fully saturated rings. The Morgan fingerprint density at radius 3 is 1.89 bits per heavy atom. The van der Waals surface area contributed by atoms with Crippen molar-refractivity contribution >= 4 is 89.6 Å². The highest BCUT2D eigenvalue weighted by Crippen LogP contribution is 2.60. The summed E-state index contributed by atoms with van der Waals surface area (Å²) in [5, 5.41) is 5.37. The second kappa shape index (κ2) is 7.95. The molecule has 46 heavy (non-hydrogen) atoms. The largest absolute Gasteiger partial charge is 0.335 e. The van der Waals surface area contributed by atoms with Crippen molar-refractivity contribution in [3.8, 4) is 0 Å². The monoisotopic (exact) mass is 589 g/mol. The van der Waals surface area contributed by atoms with Gasteiger partial charge < -0.3 is 14.2 Å². The summed E-state index contributed by atoms with van der Waals surface area (Å²) in [6.45, 7) is 9.94. The second-order valence-corrected chi connectivity index (χ2v) is 14.5. The van der Waals surface area contributed by atoms with Crippen LogP contribution in [0, 0.1) is 0 Å². The molecule has 8 aromatic rings. The van der Waals surface area contributed by atoms with Crippen molar-refractivity contribution in [3.63, 3.8) is 0 Å². The van der Waals surface area contributed by atoms with E-state index in [0.717, 1.165) is 0 Å². The summed E-state index contributed by atoms with van der Waals surface area (Å²) < 4.78 is 2.56. The SMILES string of the molecule is CC1(C)c2cccc3c2N(c2c4c(c5c6ccccc6n6c7ccccc7c2c56)N(c2ccccc2)c2ccccc2B34)C1(C)C. The third-order valence-corrected chi connectivity index (χ3v) is 12.1. The van der Waals surface area contributed by atoms with Gasteiger partial charge in [0.05, 0.1) is 22.2 Å². The third kappa shape index (κ3) is 2.57. The molecule has 2 aromatic heterocycles. The van der Waals surface area contributed by atoms with Gasteiger partial charge in [0.1, 0.15) is 0 Å². The molecule has 0 saturated carbocycles. The van der Waals surface area contributed by atoms with E-state index in [4.69, 9.17) is 0 Å². The van der Waals surface area contributed by atoms with Crippen LogP contribution >= 0.6 is 0 Å². The Morgan fingerprint density at radius 1 is 0.543 bits per heavy atom. The van der Waals surface area contributed by atoms with Crippen molar-refractivity contribution in [2.45, 2.75) is 38.6 Å². The summed E-state index contributed by atoms with van der Waals surface area (Å²) >= 11 is 0. The number of anilines is 5. The van der Waals surface area contributed by atoms with E-state index in [1.807, 2.05) is 0 Å². The third-order valence-electron chi connectivity index (χ3n) is 12.1. The van der Waals surface area contributed by atoms with E-state index < -0.39 is 0 Å². The van der Waals surface area contributed by atoms with Crippen molar-refractivity contribution in [2.75, 3.05) is 9.80 Å². The lowest BCUT2D eigenvalue weighted by Gasteiger charge is -2.48. The van der Waals surface area contributed by atoms with E-state index in [2.05, 4.69) is 163 Å². The van der Waals surface area contributed by atoms with Gasteiger partial charge in [0, 0.05) is 55.2 Å². The quantitative estimate of drug-likeness (QED) is 0.178. The predicted octanol–water partition coefficient (Wildman–Crippen LogP) is 8.66. The van der Waals surface area contributed by atoms with Gasteiger partial charge >= 0.3 is 0 Å². The molecule has 0 aliphatic carbocycles. The zero-order chi connectivity index (χ0) is 30.7. The van der Waals surface area contributed by atoms with Gasteiger partial charge in [-0.3, -0.25) is 0 Å². The van der Waals surface area contributed by atoms with Crippen LogP contribution in [0.15, 0.2) is 121 Å². The molecule has 3 nitrogen and oxygen atoms in total. The Bertz CT molecular complexity index is 2610. The molecule has 3 aliphatic rings. The second-order valence-electron chi connectivity index (χ2n) is 14.5. The van der Waals surface area contributed by atoms with Gasteiger partial charge in [-0.1, -0.05) is 105 Å². The fourth-order valence-corrected chi connectivity index (χ4v) is 9.54. The minimum Gasteiger partial charge on any atom is -0.335 e. The van der Waals surface area contributed by atoms with E-state index in [9.17, 15) is 0 Å². The number of hydrogen-bond acceptors (Lipinski definition) is 2. The first-order chi connectivity index (χ1) is 22.4. The summed E-state index contributed by atoms with van der Waals surface area (Å²) in [6, 6.07) is 45.4. The molecule has 0 atom stereocenters. The number of para-hydroxylation sites is 5. The molecule has 0 spiro atoms. The zero-order valence-corrected chi connectivity index (χ0v) is 26.5.